The Hall–Kier alpha value is -2.84. The predicted molar refractivity (Wildman–Crippen MR) is 109 cm³/mol. The highest BCUT2D eigenvalue weighted by atomic mass is 35.5. The van der Waals surface area contributed by atoms with Crippen molar-refractivity contribution in [2.24, 2.45) is 0 Å². The zero-order valence-corrected chi connectivity index (χ0v) is 17.7. The number of ether oxygens (including phenoxy) is 1. The third-order valence-electron chi connectivity index (χ3n) is 3.29. The third-order valence-corrected chi connectivity index (χ3v) is 4.31. The van der Waals surface area contributed by atoms with Gasteiger partial charge in [-0.05, 0) is 25.1 Å². The molecular formula is C16H18ClF3N6O4S. The van der Waals surface area contributed by atoms with E-state index in [9.17, 15) is 26.4 Å². The molecule has 0 spiro atoms. The molecule has 31 heavy (non-hydrogen) atoms. The van der Waals surface area contributed by atoms with E-state index in [1.807, 2.05) is 0 Å². The molecule has 0 saturated carbocycles. The fourth-order valence-corrected chi connectivity index (χ4v) is 2.88. The van der Waals surface area contributed by atoms with Crippen LogP contribution in [0.25, 0.3) is 0 Å². The van der Waals surface area contributed by atoms with Gasteiger partial charge in [0.05, 0.1) is 11.3 Å². The van der Waals surface area contributed by atoms with E-state index in [1.54, 1.807) is 13.0 Å². The molecule has 15 heteroatoms. The van der Waals surface area contributed by atoms with Crippen LogP contribution in [0, 0.1) is 6.92 Å². The van der Waals surface area contributed by atoms with Crippen LogP contribution in [0.4, 0.5) is 35.4 Å². The van der Waals surface area contributed by atoms with Crippen molar-refractivity contribution in [3.8, 4) is 5.75 Å². The number of sulfonamides is 1. The minimum absolute atomic E-state index is 0.0563. The first kappa shape index (κ1) is 24.4. The van der Waals surface area contributed by atoms with Crippen LogP contribution >= 0.6 is 11.6 Å². The minimum Gasteiger partial charge on any atom is -0.404 e. The number of alkyl halides is 3. The SMILES string of the molecule is Cc1cc(NCCNS(C)(=O)=O)nc(NC(=O)Nc2ccc(OC(F)(F)F)c(Cl)c2)n1. The number of hydrogen-bond acceptors (Lipinski definition) is 7. The molecule has 2 rings (SSSR count). The summed E-state index contributed by atoms with van der Waals surface area (Å²) >= 11 is 5.74. The first-order chi connectivity index (χ1) is 14.3. The standard InChI is InChI=1S/C16H18ClF3N6O4S/c1-9-7-13(21-5-6-22-31(2,28)29)25-14(23-9)26-15(27)24-10-3-4-12(11(17)8-10)30-16(18,19)20/h3-4,7-8,22H,5-6H2,1-2H3,(H3,21,23,24,25,26,27). The number of benzene rings is 1. The normalized spacial score (nSPS) is 11.7. The van der Waals surface area contributed by atoms with Gasteiger partial charge in [-0.3, -0.25) is 5.32 Å². The van der Waals surface area contributed by atoms with Crippen LogP contribution in [0.3, 0.4) is 0 Å². The molecule has 0 atom stereocenters. The van der Waals surface area contributed by atoms with Crippen molar-refractivity contribution in [3.05, 3.63) is 35.0 Å². The van der Waals surface area contributed by atoms with Gasteiger partial charge in [-0.15, -0.1) is 13.2 Å². The van der Waals surface area contributed by atoms with E-state index in [2.05, 4.69) is 35.4 Å². The van der Waals surface area contributed by atoms with Gasteiger partial charge in [0.15, 0.2) is 0 Å². The summed E-state index contributed by atoms with van der Waals surface area (Å²) < 4.78 is 65.0. The fourth-order valence-electron chi connectivity index (χ4n) is 2.19. The molecule has 2 aromatic rings. The van der Waals surface area contributed by atoms with Crippen molar-refractivity contribution in [3.63, 3.8) is 0 Å². The number of aromatic nitrogens is 2. The van der Waals surface area contributed by atoms with Crippen molar-refractivity contribution in [2.45, 2.75) is 13.3 Å². The number of carbonyl (C=O) groups is 1. The highest BCUT2D eigenvalue weighted by Gasteiger charge is 2.32. The van der Waals surface area contributed by atoms with Crippen LogP contribution in [0.1, 0.15) is 5.69 Å². The zero-order chi connectivity index (χ0) is 23.2. The number of amides is 2. The molecule has 170 valence electrons. The Morgan fingerprint density at radius 1 is 1.16 bits per heavy atom. The van der Waals surface area contributed by atoms with Gasteiger partial charge in [0.25, 0.3) is 0 Å². The Morgan fingerprint density at radius 3 is 2.48 bits per heavy atom. The second kappa shape index (κ2) is 9.98. The molecule has 0 radical (unpaired) electrons. The van der Waals surface area contributed by atoms with E-state index in [0.29, 0.717) is 11.5 Å². The van der Waals surface area contributed by atoms with Crippen LogP contribution in [-0.2, 0) is 10.0 Å². The zero-order valence-electron chi connectivity index (χ0n) is 16.2. The lowest BCUT2D eigenvalue weighted by atomic mass is 10.3. The Bertz CT molecular complexity index is 1050. The second-order valence-electron chi connectivity index (χ2n) is 6.08. The fraction of sp³-hybridized carbons (Fsp3) is 0.312. The third kappa shape index (κ3) is 9.23. The Morgan fingerprint density at radius 2 is 1.87 bits per heavy atom. The summed E-state index contributed by atoms with van der Waals surface area (Å²) in [6.07, 6.45) is -3.86. The Kier molecular flexibility index (Phi) is 7.86. The number of halogens is 4. The molecule has 0 unspecified atom stereocenters. The van der Waals surface area contributed by atoms with Gasteiger partial charge in [0, 0.05) is 30.5 Å². The molecule has 0 fully saturated rings. The molecule has 1 heterocycles. The van der Waals surface area contributed by atoms with Crippen LogP contribution in [0.15, 0.2) is 24.3 Å². The average Bonchev–Trinajstić information content (AvgIpc) is 2.59. The van der Waals surface area contributed by atoms with Gasteiger partial charge < -0.3 is 15.4 Å². The number of nitrogens with zero attached hydrogens (tertiary/aromatic N) is 2. The number of aryl methyl sites for hydroxylation is 1. The van der Waals surface area contributed by atoms with Crippen molar-refractivity contribution in [1.82, 2.24) is 14.7 Å². The topological polar surface area (TPSA) is 134 Å². The van der Waals surface area contributed by atoms with Crippen molar-refractivity contribution in [1.29, 1.82) is 0 Å². The number of rotatable bonds is 8. The highest BCUT2D eigenvalue weighted by molar-refractivity contribution is 7.88. The molecule has 0 saturated heterocycles. The molecule has 4 N–H and O–H groups in total. The summed E-state index contributed by atoms with van der Waals surface area (Å²) in [5.41, 5.74) is 0.621. The minimum atomic E-state index is -4.90. The van der Waals surface area contributed by atoms with Gasteiger partial charge in [0.2, 0.25) is 16.0 Å². The van der Waals surface area contributed by atoms with Gasteiger partial charge in [0.1, 0.15) is 11.6 Å². The number of nitrogens with one attached hydrogen (secondary N) is 4. The van der Waals surface area contributed by atoms with Gasteiger partial charge in [-0.25, -0.2) is 22.9 Å². The van der Waals surface area contributed by atoms with E-state index in [0.717, 1.165) is 18.4 Å². The van der Waals surface area contributed by atoms with E-state index < -0.39 is 28.2 Å². The molecule has 2 amide bonds. The van der Waals surface area contributed by atoms with Crippen molar-refractivity contribution >= 4 is 45.1 Å². The summed E-state index contributed by atoms with van der Waals surface area (Å²) in [5.74, 6) is -0.322. The summed E-state index contributed by atoms with van der Waals surface area (Å²) in [7, 11) is -3.32. The van der Waals surface area contributed by atoms with Gasteiger partial charge >= 0.3 is 12.4 Å². The molecule has 0 aliphatic heterocycles. The lowest BCUT2D eigenvalue weighted by molar-refractivity contribution is -0.274. The van der Waals surface area contributed by atoms with Gasteiger partial charge in [-0.1, -0.05) is 11.6 Å². The molecular weight excluding hydrogens is 465 g/mol. The molecule has 0 bridgehead atoms. The van der Waals surface area contributed by atoms with E-state index in [-0.39, 0.29) is 29.7 Å². The second-order valence-corrected chi connectivity index (χ2v) is 8.32. The first-order valence-corrected chi connectivity index (χ1v) is 10.8. The van der Waals surface area contributed by atoms with E-state index in [4.69, 9.17) is 11.6 Å². The quantitative estimate of drug-likeness (QED) is 0.425. The van der Waals surface area contributed by atoms with Crippen LogP contribution in [-0.4, -0.2) is 50.1 Å². The Balaban J connectivity index is 1.97. The highest BCUT2D eigenvalue weighted by Crippen LogP contribution is 2.32. The summed E-state index contributed by atoms with van der Waals surface area (Å²) in [4.78, 5) is 20.3. The molecule has 0 aliphatic carbocycles. The largest absolute Gasteiger partial charge is 0.573 e. The molecule has 1 aromatic heterocycles. The molecule has 10 nitrogen and oxygen atoms in total. The first-order valence-electron chi connectivity index (χ1n) is 8.48. The number of urea groups is 1. The van der Waals surface area contributed by atoms with Crippen LogP contribution < -0.4 is 25.4 Å². The lowest BCUT2D eigenvalue weighted by Gasteiger charge is -2.12. The molecule has 1 aromatic carbocycles. The average molecular weight is 483 g/mol. The number of hydrogen-bond donors (Lipinski definition) is 4. The van der Waals surface area contributed by atoms with Crippen LogP contribution in [0.5, 0.6) is 5.75 Å². The van der Waals surface area contributed by atoms with Crippen molar-refractivity contribution < 1.29 is 31.1 Å². The Labute approximate surface area is 180 Å². The van der Waals surface area contributed by atoms with Crippen molar-refractivity contribution in [2.75, 3.05) is 35.3 Å². The summed E-state index contributed by atoms with van der Waals surface area (Å²) in [6, 6.07) is 4.03. The van der Waals surface area contributed by atoms with E-state index in [1.165, 1.54) is 6.07 Å². The maximum Gasteiger partial charge on any atom is 0.573 e. The maximum atomic E-state index is 12.3. The maximum absolute atomic E-state index is 12.3. The van der Waals surface area contributed by atoms with E-state index >= 15 is 0 Å². The summed E-state index contributed by atoms with van der Waals surface area (Å²) in [5, 5.41) is 7.29. The predicted octanol–water partition coefficient (Wildman–Crippen LogP) is 2.94. The van der Waals surface area contributed by atoms with Gasteiger partial charge in [-0.2, -0.15) is 4.98 Å². The number of anilines is 3. The monoisotopic (exact) mass is 482 g/mol. The number of carbonyl (C=O) groups excluding carboxylic acids is 1. The summed E-state index contributed by atoms with van der Waals surface area (Å²) in [6.45, 7) is 2.02. The smallest absolute Gasteiger partial charge is 0.404 e. The lowest BCUT2D eigenvalue weighted by Crippen LogP contribution is -2.28. The molecule has 0 aliphatic rings. The van der Waals surface area contributed by atoms with Crippen LogP contribution in [0.2, 0.25) is 5.02 Å².